The number of aromatic nitrogens is 2. The average molecular weight is 171 g/mol. The summed E-state index contributed by atoms with van der Waals surface area (Å²) in [5, 5.41) is 10.0. The lowest BCUT2D eigenvalue weighted by atomic mass is 10.4. The molecule has 0 saturated carbocycles. The zero-order valence-electron chi connectivity index (χ0n) is 6.87. The highest BCUT2D eigenvalue weighted by Crippen LogP contribution is 2.16. The second-order valence-electron chi connectivity index (χ2n) is 2.57. The number of rotatable bonds is 3. The van der Waals surface area contributed by atoms with Crippen LogP contribution in [0, 0.1) is 0 Å². The van der Waals surface area contributed by atoms with Gasteiger partial charge in [-0.2, -0.15) is 0 Å². The van der Waals surface area contributed by atoms with E-state index in [9.17, 15) is 0 Å². The molecule has 1 rings (SSSR count). The molecule has 0 amide bonds. The molecule has 4 heteroatoms. The third-order valence-electron chi connectivity index (χ3n) is 1.34. The Hall–Kier alpha value is -0.480. The van der Waals surface area contributed by atoms with Crippen LogP contribution in [0.3, 0.4) is 0 Å². The zero-order chi connectivity index (χ0) is 8.27. The van der Waals surface area contributed by atoms with Gasteiger partial charge < -0.3 is 5.73 Å². The molecule has 62 valence electrons. The molecule has 0 aromatic carbocycles. The molecule has 2 N–H and O–H groups in total. The average Bonchev–Trinajstić information content (AvgIpc) is 2.37. The number of hydrogen-bond donors (Lipinski definition) is 1. The van der Waals surface area contributed by atoms with E-state index in [1.54, 1.807) is 11.3 Å². The lowest BCUT2D eigenvalue weighted by Gasteiger charge is -1.94. The van der Waals surface area contributed by atoms with Crippen LogP contribution in [0.5, 0.6) is 0 Å². The van der Waals surface area contributed by atoms with E-state index in [0.717, 1.165) is 22.9 Å². The van der Waals surface area contributed by atoms with Gasteiger partial charge in [-0.3, -0.25) is 0 Å². The van der Waals surface area contributed by atoms with Crippen molar-refractivity contribution in [2.45, 2.75) is 32.7 Å². The van der Waals surface area contributed by atoms with Crippen LogP contribution >= 0.6 is 11.3 Å². The van der Waals surface area contributed by atoms with Crippen molar-refractivity contribution >= 4 is 11.3 Å². The summed E-state index contributed by atoms with van der Waals surface area (Å²) in [6.07, 6.45) is 2.14. The first kappa shape index (κ1) is 8.62. The minimum Gasteiger partial charge on any atom is -0.322 e. The first-order valence-electron chi connectivity index (χ1n) is 3.82. The van der Waals surface area contributed by atoms with Gasteiger partial charge in [-0.05, 0) is 13.3 Å². The van der Waals surface area contributed by atoms with Crippen molar-refractivity contribution < 1.29 is 0 Å². The minimum absolute atomic E-state index is 0.0260. The van der Waals surface area contributed by atoms with Gasteiger partial charge >= 0.3 is 0 Å². The Labute approximate surface area is 70.6 Å². The third-order valence-corrected chi connectivity index (χ3v) is 2.52. The summed E-state index contributed by atoms with van der Waals surface area (Å²) >= 11 is 1.62. The van der Waals surface area contributed by atoms with Crippen molar-refractivity contribution in [3.63, 3.8) is 0 Å². The standard InChI is InChI=1S/C7H13N3S/c1-3-4-6-9-10-7(11-6)5(2)8/h5H,3-4,8H2,1-2H3. The molecule has 0 radical (unpaired) electrons. The number of aryl methyl sites for hydroxylation is 1. The van der Waals surface area contributed by atoms with E-state index in [1.807, 2.05) is 6.92 Å². The predicted molar refractivity (Wildman–Crippen MR) is 46.5 cm³/mol. The SMILES string of the molecule is CCCc1nnc(C(C)N)s1. The van der Waals surface area contributed by atoms with Crippen LogP contribution in [0.25, 0.3) is 0 Å². The lowest BCUT2D eigenvalue weighted by Crippen LogP contribution is -2.03. The second-order valence-corrected chi connectivity index (χ2v) is 3.67. The van der Waals surface area contributed by atoms with Gasteiger partial charge in [0.1, 0.15) is 10.0 Å². The highest BCUT2D eigenvalue weighted by Gasteiger charge is 2.06. The summed E-state index contributed by atoms with van der Waals surface area (Å²) in [6, 6.07) is 0.0260. The number of nitrogens with zero attached hydrogens (tertiary/aromatic N) is 2. The van der Waals surface area contributed by atoms with E-state index in [2.05, 4.69) is 17.1 Å². The molecular formula is C7H13N3S. The Balaban J connectivity index is 2.66. The van der Waals surface area contributed by atoms with Crippen molar-refractivity contribution in [1.29, 1.82) is 0 Å². The van der Waals surface area contributed by atoms with Crippen LogP contribution in [0.4, 0.5) is 0 Å². The molecule has 11 heavy (non-hydrogen) atoms. The van der Waals surface area contributed by atoms with Crippen molar-refractivity contribution in [3.05, 3.63) is 10.0 Å². The van der Waals surface area contributed by atoms with Crippen LogP contribution < -0.4 is 5.73 Å². The number of nitrogens with two attached hydrogens (primary N) is 1. The van der Waals surface area contributed by atoms with E-state index < -0.39 is 0 Å². The van der Waals surface area contributed by atoms with E-state index in [1.165, 1.54) is 0 Å². The van der Waals surface area contributed by atoms with Crippen LogP contribution in [0.15, 0.2) is 0 Å². The summed E-state index contributed by atoms with van der Waals surface area (Å²) in [7, 11) is 0. The molecule has 0 saturated heterocycles. The molecule has 0 spiro atoms. The smallest absolute Gasteiger partial charge is 0.133 e. The van der Waals surface area contributed by atoms with Crippen LogP contribution in [0.2, 0.25) is 0 Å². The summed E-state index contributed by atoms with van der Waals surface area (Å²) < 4.78 is 0. The molecule has 0 aliphatic carbocycles. The fourth-order valence-corrected chi connectivity index (χ4v) is 1.66. The minimum atomic E-state index is 0.0260. The third kappa shape index (κ3) is 2.24. The van der Waals surface area contributed by atoms with Gasteiger partial charge in [0.2, 0.25) is 0 Å². The van der Waals surface area contributed by atoms with Gasteiger partial charge in [0.15, 0.2) is 0 Å². The Morgan fingerprint density at radius 3 is 2.73 bits per heavy atom. The Morgan fingerprint density at radius 2 is 2.27 bits per heavy atom. The molecule has 0 fully saturated rings. The molecule has 1 heterocycles. The van der Waals surface area contributed by atoms with Crippen molar-refractivity contribution in [2.75, 3.05) is 0 Å². The maximum absolute atomic E-state index is 5.63. The summed E-state index contributed by atoms with van der Waals surface area (Å²) in [5.41, 5.74) is 5.63. The molecule has 1 atom stereocenters. The van der Waals surface area contributed by atoms with Crippen LogP contribution in [-0.4, -0.2) is 10.2 Å². The fraction of sp³-hybridized carbons (Fsp3) is 0.714. The molecule has 1 aromatic rings. The largest absolute Gasteiger partial charge is 0.322 e. The number of hydrogen-bond acceptors (Lipinski definition) is 4. The highest BCUT2D eigenvalue weighted by molar-refractivity contribution is 7.11. The van der Waals surface area contributed by atoms with Gasteiger partial charge in [-0.15, -0.1) is 10.2 Å². The fourth-order valence-electron chi connectivity index (χ4n) is 0.765. The van der Waals surface area contributed by atoms with Crippen molar-refractivity contribution in [1.82, 2.24) is 10.2 Å². The lowest BCUT2D eigenvalue weighted by molar-refractivity contribution is 0.778. The van der Waals surface area contributed by atoms with E-state index in [0.29, 0.717) is 0 Å². The molecule has 1 aromatic heterocycles. The normalized spacial score (nSPS) is 13.4. The molecule has 0 aliphatic rings. The first-order valence-corrected chi connectivity index (χ1v) is 4.63. The maximum Gasteiger partial charge on any atom is 0.133 e. The monoisotopic (exact) mass is 171 g/mol. The van der Waals surface area contributed by atoms with Crippen molar-refractivity contribution in [3.8, 4) is 0 Å². The summed E-state index contributed by atoms with van der Waals surface area (Å²) in [4.78, 5) is 0. The van der Waals surface area contributed by atoms with Crippen LogP contribution in [0.1, 0.15) is 36.3 Å². The molecule has 1 unspecified atom stereocenters. The van der Waals surface area contributed by atoms with Crippen molar-refractivity contribution in [2.24, 2.45) is 5.73 Å². The van der Waals surface area contributed by atoms with E-state index >= 15 is 0 Å². The second kappa shape index (κ2) is 3.78. The van der Waals surface area contributed by atoms with Crippen LogP contribution in [-0.2, 0) is 6.42 Å². The Kier molecular flexibility index (Phi) is 2.96. The van der Waals surface area contributed by atoms with Gasteiger partial charge in [-0.25, -0.2) is 0 Å². The molecule has 0 aliphatic heterocycles. The van der Waals surface area contributed by atoms with Gasteiger partial charge in [0, 0.05) is 6.42 Å². The first-order chi connectivity index (χ1) is 5.24. The summed E-state index contributed by atoms with van der Waals surface area (Å²) in [6.45, 7) is 4.06. The predicted octanol–water partition coefficient (Wildman–Crippen LogP) is 1.51. The molecule has 3 nitrogen and oxygen atoms in total. The van der Waals surface area contributed by atoms with Gasteiger partial charge in [-0.1, -0.05) is 18.3 Å². The highest BCUT2D eigenvalue weighted by atomic mass is 32.1. The van der Waals surface area contributed by atoms with E-state index in [-0.39, 0.29) is 6.04 Å². The van der Waals surface area contributed by atoms with Gasteiger partial charge in [0.05, 0.1) is 6.04 Å². The van der Waals surface area contributed by atoms with Gasteiger partial charge in [0.25, 0.3) is 0 Å². The topological polar surface area (TPSA) is 51.8 Å². The molecule has 0 bridgehead atoms. The zero-order valence-corrected chi connectivity index (χ0v) is 7.69. The molecular weight excluding hydrogens is 158 g/mol. The maximum atomic E-state index is 5.63. The quantitative estimate of drug-likeness (QED) is 0.750. The Bertz CT molecular complexity index is 219. The van der Waals surface area contributed by atoms with E-state index in [4.69, 9.17) is 5.73 Å². The summed E-state index contributed by atoms with van der Waals surface area (Å²) in [5.74, 6) is 0. The Morgan fingerprint density at radius 1 is 1.55 bits per heavy atom.